The largest absolute Gasteiger partial charge is 0.416 e. The zero-order valence-electron chi connectivity index (χ0n) is 21.2. The van der Waals surface area contributed by atoms with E-state index in [4.69, 9.17) is 0 Å². The van der Waals surface area contributed by atoms with E-state index in [1.807, 2.05) is 13.8 Å². The molecule has 4 rings (SSSR count). The number of hydrogen-bond acceptors (Lipinski definition) is 3. The zero-order valence-corrected chi connectivity index (χ0v) is 21.2. The van der Waals surface area contributed by atoms with Crippen molar-refractivity contribution in [2.75, 3.05) is 26.2 Å². The maximum absolute atomic E-state index is 14.0. The summed E-state index contributed by atoms with van der Waals surface area (Å²) < 4.78 is 41.7. The van der Waals surface area contributed by atoms with Crippen LogP contribution in [0.3, 0.4) is 0 Å². The van der Waals surface area contributed by atoms with Gasteiger partial charge in [-0.25, -0.2) is 4.79 Å². The Balaban J connectivity index is 1.77. The monoisotopic (exact) mass is 518 g/mol. The lowest BCUT2D eigenvalue weighted by Crippen LogP contribution is -2.51. The standard InChI is InChI=1S/C27H33F3N4O3/c1-4-12-33-21-16-34(20(15-17(2)3)24(35)32-13-8-5-9-14-32)25(36)22(21)23(31-26(33)37)18-10-6-7-11-19(18)27(28,29)30/h4,6-7,10-11,17,20,23H,1,5,8-9,12-16H2,2-3H3,(H,31,37)/t20-,23+/m0/s1. The molecule has 3 aliphatic heterocycles. The molecule has 0 aliphatic carbocycles. The Hall–Kier alpha value is -3.30. The van der Waals surface area contributed by atoms with E-state index in [1.165, 1.54) is 34.1 Å². The van der Waals surface area contributed by atoms with Gasteiger partial charge >= 0.3 is 12.2 Å². The molecule has 2 atom stereocenters. The molecule has 1 aromatic carbocycles. The summed E-state index contributed by atoms with van der Waals surface area (Å²) in [6.07, 6.45) is 0.0587. The molecule has 0 spiro atoms. The van der Waals surface area contributed by atoms with Gasteiger partial charge < -0.3 is 15.1 Å². The van der Waals surface area contributed by atoms with Gasteiger partial charge in [0.1, 0.15) is 6.04 Å². The highest BCUT2D eigenvalue weighted by Gasteiger charge is 2.49. The minimum absolute atomic E-state index is 0.0307. The number of urea groups is 1. The van der Waals surface area contributed by atoms with Crippen LogP contribution in [0.5, 0.6) is 0 Å². The van der Waals surface area contributed by atoms with Gasteiger partial charge in [0.2, 0.25) is 5.91 Å². The van der Waals surface area contributed by atoms with Gasteiger partial charge in [0.15, 0.2) is 0 Å². The molecule has 3 aliphatic rings. The van der Waals surface area contributed by atoms with Crippen LogP contribution in [-0.4, -0.2) is 64.8 Å². The Morgan fingerprint density at radius 1 is 1.16 bits per heavy atom. The maximum Gasteiger partial charge on any atom is 0.416 e. The maximum atomic E-state index is 14.0. The van der Waals surface area contributed by atoms with Crippen LogP contribution >= 0.6 is 0 Å². The molecule has 1 N–H and O–H groups in total. The van der Waals surface area contributed by atoms with Crippen molar-refractivity contribution in [3.8, 4) is 0 Å². The topological polar surface area (TPSA) is 73.0 Å². The van der Waals surface area contributed by atoms with E-state index in [0.717, 1.165) is 25.3 Å². The molecular weight excluding hydrogens is 485 g/mol. The van der Waals surface area contributed by atoms with E-state index in [1.54, 1.807) is 4.90 Å². The van der Waals surface area contributed by atoms with Crippen LogP contribution in [0.15, 0.2) is 48.2 Å². The predicted molar refractivity (Wildman–Crippen MR) is 132 cm³/mol. The molecule has 7 nitrogen and oxygen atoms in total. The van der Waals surface area contributed by atoms with E-state index in [-0.39, 0.29) is 36.1 Å². The number of amides is 4. The predicted octanol–water partition coefficient (Wildman–Crippen LogP) is 4.48. The van der Waals surface area contributed by atoms with Crippen LogP contribution in [0.4, 0.5) is 18.0 Å². The minimum Gasteiger partial charge on any atom is -0.341 e. The van der Waals surface area contributed by atoms with Gasteiger partial charge in [-0.3, -0.25) is 14.5 Å². The van der Waals surface area contributed by atoms with Crippen LogP contribution in [0.25, 0.3) is 0 Å². The van der Waals surface area contributed by atoms with Gasteiger partial charge in [-0.15, -0.1) is 6.58 Å². The van der Waals surface area contributed by atoms with Crippen LogP contribution < -0.4 is 5.32 Å². The minimum atomic E-state index is -4.67. The number of alkyl halides is 3. The van der Waals surface area contributed by atoms with Crippen molar-refractivity contribution in [3.63, 3.8) is 0 Å². The molecular formula is C27H33F3N4O3. The molecule has 4 amide bonds. The van der Waals surface area contributed by atoms with Crippen molar-refractivity contribution < 1.29 is 27.6 Å². The van der Waals surface area contributed by atoms with E-state index in [9.17, 15) is 27.6 Å². The molecule has 0 bridgehead atoms. The Morgan fingerprint density at radius 3 is 2.46 bits per heavy atom. The fraction of sp³-hybridized carbons (Fsp3) is 0.519. The first-order valence-electron chi connectivity index (χ1n) is 12.7. The summed E-state index contributed by atoms with van der Waals surface area (Å²) in [6, 6.07) is 2.27. The van der Waals surface area contributed by atoms with E-state index >= 15 is 0 Å². The number of nitrogens with zero attached hydrogens (tertiary/aromatic N) is 3. The molecule has 37 heavy (non-hydrogen) atoms. The molecule has 0 radical (unpaired) electrons. The van der Waals surface area contributed by atoms with Crippen molar-refractivity contribution in [2.24, 2.45) is 5.92 Å². The molecule has 3 heterocycles. The molecule has 0 saturated carbocycles. The van der Waals surface area contributed by atoms with E-state index < -0.39 is 35.8 Å². The lowest BCUT2D eigenvalue weighted by molar-refractivity contribution is -0.144. The average Bonchev–Trinajstić information content (AvgIpc) is 3.20. The summed E-state index contributed by atoms with van der Waals surface area (Å²) in [6.45, 7) is 8.88. The first-order chi connectivity index (χ1) is 17.5. The average molecular weight is 519 g/mol. The summed E-state index contributed by atoms with van der Waals surface area (Å²) in [4.78, 5) is 45.2. The van der Waals surface area contributed by atoms with Crippen molar-refractivity contribution in [1.29, 1.82) is 0 Å². The van der Waals surface area contributed by atoms with Crippen LogP contribution in [0.2, 0.25) is 0 Å². The number of halogens is 3. The Labute approximate surface area is 215 Å². The molecule has 10 heteroatoms. The van der Waals surface area contributed by atoms with Gasteiger partial charge in [0, 0.05) is 19.6 Å². The molecule has 0 unspecified atom stereocenters. The lowest BCUT2D eigenvalue weighted by atomic mass is 9.91. The highest BCUT2D eigenvalue weighted by molar-refractivity contribution is 6.03. The number of benzene rings is 1. The first-order valence-corrected chi connectivity index (χ1v) is 12.7. The quantitative estimate of drug-likeness (QED) is 0.541. The number of carbonyl (C=O) groups is 3. The van der Waals surface area contributed by atoms with Gasteiger partial charge in [-0.05, 0) is 43.2 Å². The fourth-order valence-corrected chi connectivity index (χ4v) is 5.46. The summed E-state index contributed by atoms with van der Waals surface area (Å²) >= 11 is 0. The first kappa shape index (κ1) is 26.8. The molecule has 0 aromatic heterocycles. The molecule has 200 valence electrons. The van der Waals surface area contributed by atoms with Crippen LogP contribution in [-0.2, 0) is 15.8 Å². The number of hydrogen-bond donors (Lipinski definition) is 1. The second-order valence-corrected chi connectivity index (χ2v) is 10.2. The van der Waals surface area contributed by atoms with Gasteiger partial charge in [-0.1, -0.05) is 38.1 Å². The Kier molecular flexibility index (Phi) is 7.66. The highest BCUT2D eigenvalue weighted by Crippen LogP contribution is 2.42. The Morgan fingerprint density at radius 2 is 1.84 bits per heavy atom. The SMILES string of the molecule is C=CCN1C(=O)N[C@H](c2ccccc2C(F)(F)F)C2=C1CN([C@@H](CC(C)C)C(=O)N1CCCCC1)C2=O. The van der Waals surface area contributed by atoms with Crippen LogP contribution in [0, 0.1) is 5.92 Å². The smallest absolute Gasteiger partial charge is 0.341 e. The van der Waals surface area contributed by atoms with Crippen LogP contribution in [0.1, 0.15) is 56.7 Å². The fourth-order valence-electron chi connectivity index (χ4n) is 5.46. The van der Waals surface area contributed by atoms with E-state index in [0.29, 0.717) is 25.2 Å². The number of piperidine rings is 1. The molecule has 1 aromatic rings. The third kappa shape index (κ3) is 5.24. The second kappa shape index (κ2) is 10.6. The Bertz CT molecular complexity index is 1110. The summed E-state index contributed by atoms with van der Waals surface area (Å²) in [5.74, 6) is -0.583. The summed E-state index contributed by atoms with van der Waals surface area (Å²) in [5, 5.41) is 2.61. The van der Waals surface area contributed by atoms with Gasteiger partial charge in [0.25, 0.3) is 5.91 Å². The van der Waals surface area contributed by atoms with Crippen molar-refractivity contribution in [3.05, 3.63) is 59.3 Å². The number of rotatable bonds is 7. The second-order valence-electron chi connectivity index (χ2n) is 10.2. The summed E-state index contributed by atoms with van der Waals surface area (Å²) in [7, 11) is 0. The zero-order chi connectivity index (χ0) is 26.9. The highest BCUT2D eigenvalue weighted by atomic mass is 19.4. The third-order valence-electron chi connectivity index (χ3n) is 7.16. The van der Waals surface area contributed by atoms with Crippen molar-refractivity contribution in [1.82, 2.24) is 20.0 Å². The van der Waals surface area contributed by atoms with Crippen molar-refractivity contribution in [2.45, 2.75) is 57.8 Å². The van der Waals surface area contributed by atoms with Gasteiger partial charge in [0.05, 0.1) is 29.4 Å². The van der Waals surface area contributed by atoms with Crippen molar-refractivity contribution >= 4 is 17.8 Å². The molecule has 1 saturated heterocycles. The van der Waals surface area contributed by atoms with Gasteiger partial charge in [-0.2, -0.15) is 13.2 Å². The number of likely N-dealkylation sites (tertiary alicyclic amines) is 1. The third-order valence-corrected chi connectivity index (χ3v) is 7.16. The molecule has 1 fully saturated rings. The summed E-state index contributed by atoms with van der Waals surface area (Å²) in [5.41, 5.74) is -0.736. The number of nitrogens with one attached hydrogen (secondary N) is 1. The lowest BCUT2D eigenvalue weighted by Gasteiger charge is -2.35. The van der Waals surface area contributed by atoms with E-state index in [2.05, 4.69) is 11.9 Å². The number of carbonyl (C=O) groups excluding carboxylic acids is 3. The normalized spacial score (nSPS) is 21.4.